The lowest BCUT2D eigenvalue weighted by Crippen LogP contribution is -2.37. The molecule has 3 rings (SSSR count). The molecule has 1 atom stereocenters. The maximum Gasteiger partial charge on any atom is 0.106 e. The number of nitrogens with zero attached hydrogens (tertiary/aromatic N) is 1. The van der Waals surface area contributed by atoms with Gasteiger partial charge >= 0.3 is 0 Å². The van der Waals surface area contributed by atoms with Crippen molar-refractivity contribution in [1.82, 2.24) is 0 Å². The minimum absolute atomic E-state index is 0.639. The van der Waals surface area contributed by atoms with Crippen molar-refractivity contribution in [3.8, 4) is 0 Å². The first-order valence-corrected chi connectivity index (χ1v) is 7.68. The fourth-order valence-electron chi connectivity index (χ4n) is 2.71. The summed E-state index contributed by atoms with van der Waals surface area (Å²) >= 11 is 5.92. The van der Waals surface area contributed by atoms with Crippen molar-refractivity contribution < 1.29 is 9.84 Å². The van der Waals surface area contributed by atoms with E-state index in [0.29, 0.717) is 23.9 Å². The lowest BCUT2D eigenvalue weighted by Gasteiger charge is -2.31. The molecule has 0 amide bonds. The van der Waals surface area contributed by atoms with Crippen molar-refractivity contribution in [3.05, 3.63) is 58.6 Å². The molecule has 4 nitrogen and oxygen atoms in total. The number of aliphatic hydroxyl groups excluding tert-OH is 1. The highest BCUT2D eigenvalue weighted by atomic mass is 35.5. The number of aliphatic hydroxyl groups is 1. The molecule has 0 bridgehead atoms. The molecule has 22 heavy (non-hydrogen) atoms. The normalized spacial score (nSPS) is 16.5. The largest absolute Gasteiger partial charge is 0.399 e. The van der Waals surface area contributed by atoms with Crippen LogP contribution >= 0.6 is 11.6 Å². The molecule has 116 valence electrons. The second kappa shape index (κ2) is 6.57. The second-order valence-electron chi connectivity index (χ2n) is 5.37. The number of ether oxygens (including phenoxy) is 1. The third-order valence-electron chi connectivity index (χ3n) is 3.88. The number of nitrogens with two attached hydrogens (primary N) is 1. The van der Waals surface area contributed by atoms with E-state index in [2.05, 4.69) is 4.90 Å². The van der Waals surface area contributed by atoms with Crippen LogP contribution in [-0.2, 0) is 4.74 Å². The van der Waals surface area contributed by atoms with Crippen molar-refractivity contribution in [1.29, 1.82) is 0 Å². The van der Waals surface area contributed by atoms with Crippen LogP contribution in [0.4, 0.5) is 11.4 Å². The second-order valence-corrected chi connectivity index (χ2v) is 5.81. The third-order valence-corrected chi connectivity index (χ3v) is 4.14. The summed E-state index contributed by atoms with van der Waals surface area (Å²) in [5.74, 6) is 0. The fraction of sp³-hybridized carbons (Fsp3) is 0.294. The van der Waals surface area contributed by atoms with E-state index < -0.39 is 6.10 Å². The summed E-state index contributed by atoms with van der Waals surface area (Å²) in [6, 6.07) is 12.9. The van der Waals surface area contributed by atoms with Crippen LogP contribution in [0.5, 0.6) is 0 Å². The average Bonchev–Trinajstić information content (AvgIpc) is 2.55. The summed E-state index contributed by atoms with van der Waals surface area (Å²) in [6.45, 7) is 3.01. The predicted molar refractivity (Wildman–Crippen MR) is 89.4 cm³/mol. The van der Waals surface area contributed by atoms with Gasteiger partial charge in [0.15, 0.2) is 0 Å². The minimum atomic E-state index is -0.737. The van der Waals surface area contributed by atoms with Crippen LogP contribution in [0.2, 0.25) is 5.02 Å². The molecule has 0 radical (unpaired) electrons. The van der Waals surface area contributed by atoms with Gasteiger partial charge in [-0.1, -0.05) is 23.7 Å². The van der Waals surface area contributed by atoms with E-state index in [9.17, 15) is 5.11 Å². The molecule has 3 N–H and O–H groups in total. The molecule has 0 unspecified atom stereocenters. The topological polar surface area (TPSA) is 58.7 Å². The molecule has 0 aromatic heterocycles. The SMILES string of the molecule is Nc1ccc(N2CCOCC2)c([C@@H](O)c2ccc(Cl)cc2)c1. The number of nitrogen functional groups attached to an aromatic ring is 1. The van der Waals surface area contributed by atoms with Gasteiger partial charge in [0.25, 0.3) is 0 Å². The van der Waals surface area contributed by atoms with Crippen LogP contribution in [-0.4, -0.2) is 31.4 Å². The van der Waals surface area contributed by atoms with Crippen molar-refractivity contribution in [2.24, 2.45) is 0 Å². The Labute approximate surface area is 135 Å². The molecule has 0 spiro atoms. The fourth-order valence-corrected chi connectivity index (χ4v) is 2.83. The van der Waals surface area contributed by atoms with E-state index in [1.54, 1.807) is 12.1 Å². The van der Waals surface area contributed by atoms with E-state index in [1.165, 1.54) is 0 Å². The number of halogens is 1. The van der Waals surface area contributed by atoms with E-state index in [-0.39, 0.29) is 0 Å². The third kappa shape index (κ3) is 3.19. The van der Waals surface area contributed by atoms with Crippen LogP contribution in [0.25, 0.3) is 0 Å². The highest BCUT2D eigenvalue weighted by molar-refractivity contribution is 6.30. The lowest BCUT2D eigenvalue weighted by atomic mass is 9.98. The van der Waals surface area contributed by atoms with Gasteiger partial charge in [0.1, 0.15) is 6.10 Å². The molecule has 5 heteroatoms. The van der Waals surface area contributed by atoms with Crippen LogP contribution < -0.4 is 10.6 Å². The van der Waals surface area contributed by atoms with E-state index in [4.69, 9.17) is 22.1 Å². The number of hydrogen-bond donors (Lipinski definition) is 2. The summed E-state index contributed by atoms with van der Waals surface area (Å²) < 4.78 is 5.40. The van der Waals surface area contributed by atoms with Crippen LogP contribution in [0.1, 0.15) is 17.2 Å². The molecular formula is C17H19ClN2O2. The van der Waals surface area contributed by atoms with Crippen LogP contribution in [0.15, 0.2) is 42.5 Å². The van der Waals surface area contributed by atoms with Gasteiger partial charge in [0, 0.05) is 35.1 Å². The number of anilines is 2. The molecule has 2 aromatic rings. The van der Waals surface area contributed by atoms with Gasteiger partial charge in [-0.2, -0.15) is 0 Å². The molecule has 1 saturated heterocycles. The number of morpholine rings is 1. The zero-order valence-corrected chi connectivity index (χ0v) is 13.0. The molecule has 1 aliphatic heterocycles. The van der Waals surface area contributed by atoms with Gasteiger partial charge in [-0.25, -0.2) is 0 Å². The monoisotopic (exact) mass is 318 g/mol. The lowest BCUT2D eigenvalue weighted by molar-refractivity contribution is 0.122. The Morgan fingerprint density at radius 2 is 1.77 bits per heavy atom. The van der Waals surface area contributed by atoms with Crippen molar-refractivity contribution in [3.63, 3.8) is 0 Å². The summed E-state index contributed by atoms with van der Waals surface area (Å²) in [4.78, 5) is 2.22. The molecular weight excluding hydrogens is 300 g/mol. The average molecular weight is 319 g/mol. The Morgan fingerprint density at radius 1 is 1.09 bits per heavy atom. The predicted octanol–water partition coefficient (Wildman–Crippen LogP) is 2.84. The van der Waals surface area contributed by atoms with Crippen molar-refractivity contribution in [2.75, 3.05) is 36.9 Å². The Balaban J connectivity index is 1.97. The Hall–Kier alpha value is -1.75. The van der Waals surface area contributed by atoms with Gasteiger partial charge in [0.05, 0.1) is 13.2 Å². The maximum atomic E-state index is 10.8. The zero-order valence-electron chi connectivity index (χ0n) is 12.2. The van der Waals surface area contributed by atoms with Gasteiger partial charge in [0.2, 0.25) is 0 Å². The first kappa shape index (κ1) is 15.2. The van der Waals surface area contributed by atoms with Crippen LogP contribution in [0.3, 0.4) is 0 Å². The Morgan fingerprint density at radius 3 is 2.45 bits per heavy atom. The molecule has 0 saturated carbocycles. The van der Waals surface area contributed by atoms with E-state index in [1.807, 2.05) is 30.3 Å². The molecule has 1 aliphatic rings. The van der Waals surface area contributed by atoms with E-state index >= 15 is 0 Å². The van der Waals surface area contributed by atoms with Gasteiger partial charge in [-0.05, 0) is 35.9 Å². The van der Waals surface area contributed by atoms with Gasteiger partial charge in [-0.3, -0.25) is 0 Å². The number of hydrogen-bond acceptors (Lipinski definition) is 4. The molecule has 2 aromatic carbocycles. The summed E-state index contributed by atoms with van der Waals surface area (Å²) in [7, 11) is 0. The molecule has 0 aliphatic carbocycles. The maximum absolute atomic E-state index is 10.8. The van der Waals surface area contributed by atoms with Gasteiger partial charge < -0.3 is 20.5 Å². The smallest absolute Gasteiger partial charge is 0.106 e. The summed E-state index contributed by atoms with van der Waals surface area (Å²) in [5.41, 5.74) is 9.17. The Bertz CT molecular complexity index is 640. The zero-order chi connectivity index (χ0) is 15.5. The quantitative estimate of drug-likeness (QED) is 0.854. The standard InChI is InChI=1S/C17H19ClN2O2/c18-13-3-1-12(2-4-13)17(21)15-11-14(19)5-6-16(15)20-7-9-22-10-8-20/h1-6,11,17,21H,7-10,19H2/t17-/m0/s1. The Kier molecular flexibility index (Phi) is 4.52. The van der Waals surface area contributed by atoms with Gasteiger partial charge in [-0.15, -0.1) is 0 Å². The first-order valence-electron chi connectivity index (χ1n) is 7.31. The summed E-state index contributed by atoms with van der Waals surface area (Å²) in [5, 5.41) is 11.4. The van der Waals surface area contributed by atoms with Crippen LogP contribution in [0, 0.1) is 0 Å². The highest BCUT2D eigenvalue weighted by Gasteiger charge is 2.20. The van der Waals surface area contributed by atoms with Crippen molar-refractivity contribution >= 4 is 23.0 Å². The van der Waals surface area contributed by atoms with Crippen molar-refractivity contribution in [2.45, 2.75) is 6.10 Å². The highest BCUT2D eigenvalue weighted by Crippen LogP contribution is 2.33. The molecule has 1 fully saturated rings. The van der Waals surface area contributed by atoms with E-state index in [0.717, 1.165) is 29.9 Å². The number of rotatable bonds is 3. The summed E-state index contributed by atoms with van der Waals surface area (Å²) in [6.07, 6.45) is -0.737. The first-order chi connectivity index (χ1) is 10.6. The number of benzene rings is 2. The minimum Gasteiger partial charge on any atom is -0.399 e. The molecule has 1 heterocycles.